The zero-order valence-electron chi connectivity index (χ0n) is 10.2. The van der Waals surface area contributed by atoms with Crippen LogP contribution in [0.2, 0.25) is 0 Å². The van der Waals surface area contributed by atoms with Gasteiger partial charge in [-0.15, -0.1) is 5.10 Å². The number of benzene rings is 1. The monoisotopic (exact) mass is 251 g/mol. The summed E-state index contributed by atoms with van der Waals surface area (Å²) in [5.74, 6) is 0.403. The second kappa shape index (κ2) is 4.53. The van der Waals surface area contributed by atoms with Gasteiger partial charge in [-0.25, -0.2) is 0 Å². The summed E-state index contributed by atoms with van der Waals surface area (Å²) in [6, 6.07) is 9.53. The topological polar surface area (TPSA) is 90.7 Å². The third-order valence-electron chi connectivity index (χ3n) is 3.03. The fourth-order valence-corrected chi connectivity index (χ4v) is 2.07. The van der Waals surface area contributed by atoms with E-state index in [0.717, 1.165) is 22.0 Å². The van der Waals surface area contributed by atoms with Crippen LogP contribution in [0.25, 0.3) is 10.8 Å². The van der Waals surface area contributed by atoms with Crippen molar-refractivity contribution in [3.05, 3.63) is 54.0 Å². The average Bonchev–Trinajstić information content (AvgIpc) is 2.43. The average molecular weight is 251 g/mol. The van der Waals surface area contributed by atoms with Gasteiger partial charge in [-0.2, -0.15) is 5.10 Å². The number of hydrogen-bond acceptors (Lipinski definition) is 5. The molecule has 1 aromatic carbocycles. The Labute approximate surface area is 110 Å². The summed E-state index contributed by atoms with van der Waals surface area (Å²) in [6.07, 6.45) is 4.22. The fourth-order valence-electron chi connectivity index (χ4n) is 2.07. The summed E-state index contributed by atoms with van der Waals surface area (Å²) in [5.41, 5.74) is 14.3. The van der Waals surface area contributed by atoms with Crippen LogP contribution in [0, 0.1) is 0 Å². The maximum Gasteiger partial charge on any atom is 0.154 e. The first-order valence-corrected chi connectivity index (χ1v) is 5.93. The lowest BCUT2D eigenvalue weighted by Crippen LogP contribution is -2.02. The molecule has 0 aliphatic heterocycles. The Bertz CT molecular complexity index is 724. The molecule has 4 N–H and O–H groups in total. The first kappa shape index (κ1) is 11.4. The fraction of sp³-hybridized carbons (Fsp3) is 0.0714. The number of aromatic nitrogens is 3. The van der Waals surface area contributed by atoms with E-state index in [1.54, 1.807) is 12.4 Å². The molecule has 0 fully saturated rings. The zero-order chi connectivity index (χ0) is 13.2. The molecule has 94 valence electrons. The molecule has 0 spiro atoms. The van der Waals surface area contributed by atoms with Gasteiger partial charge in [0, 0.05) is 35.3 Å². The highest BCUT2D eigenvalue weighted by Gasteiger charge is 2.08. The van der Waals surface area contributed by atoms with Crippen LogP contribution in [0.15, 0.2) is 42.7 Å². The predicted octanol–water partition coefficient (Wildman–Crippen LogP) is 1.78. The maximum absolute atomic E-state index is 5.85. The molecule has 0 bridgehead atoms. The highest BCUT2D eigenvalue weighted by molar-refractivity contribution is 5.94. The van der Waals surface area contributed by atoms with E-state index in [0.29, 0.717) is 17.9 Å². The Morgan fingerprint density at radius 1 is 0.895 bits per heavy atom. The SMILES string of the molecule is Nc1ccc2c(Cc3ccncc3)nnc(N)c2c1. The Morgan fingerprint density at radius 3 is 2.47 bits per heavy atom. The van der Waals surface area contributed by atoms with Crippen molar-refractivity contribution in [2.75, 3.05) is 11.5 Å². The second-order valence-corrected chi connectivity index (χ2v) is 4.37. The highest BCUT2D eigenvalue weighted by atomic mass is 15.1. The molecular formula is C14H13N5. The third-order valence-corrected chi connectivity index (χ3v) is 3.03. The zero-order valence-corrected chi connectivity index (χ0v) is 10.2. The van der Waals surface area contributed by atoms with Crippen molar-refractivity contribution in [2.24, 2.45) is 0 Å². The van der Waals surface area contributed by atoms with Gasteiger partial charge in [0.25, 0.3) is 0 Å². The number of nitrogen functional groups attached to an aromatic ring is 2. The molecule has 0 unspecified atom stereocenters. The Morgan fingerprint density at radius 2 is 1.68 bits per heavy atom. The highest BCUT2D eigenvalue weighted by Crippen LogP contribution is 2.24. The van der Waals surface area contributed by atoms with Crippen LogP contribution in [-0.4, -0.2) is 15.2 Å². The number of anilines is 2. The van der Waals surface area contributed by atoms with Crippen molar-refractivity contribution in [3.8, 4) is 0 Å². The maximum atomic E-state index is 5.85. The van der Waals surface area contributed by atoms with Gasteiger partial charge >= 0.3 is 0 Å². The molecular weight excluding hydrogens is 238 g/mol. The van der Waals surface area contributed by atoms with E-state index in [9.17, 15) is 0 Å². The smallest absolute Gasteiger partial charge is 0.154 e. The predicted molar refractivity (Wildman–Crippen MR) is 75.4 cm³/mol. The molecule has 2 aromatic heterocycles. The molecule has 0 amide bonds. The van der Waals surface area contributed by atoms with Crippen LogP contribution in [-0.2, 0) is 6.42 Å². The van der Waals surface area contributed by atoms with Gasteiger partial charge in [0.05, 0.1) is 5.69 Å². The van der Waals surface area contributed by atoms with Crippen LogP contribution in [0.3, 0.4) is 0 Å². The molecule has 3 rings (SSSR count). The van der Waals surface area contributed by atoms with Crippen LogP contribution in [0.4, 0.5) is 11.5 Å². The van der Waals surface area contributed by atoms with Crippen molar-refractivity contribution >= 4 is 22.3 Å². The van der Waals surface area contributed by atoms with Crippen LogP contribution in [0.5, 0.6) is 0 Å². The van der Waals surface area contributed by atoms with Crippen molar-refractivity contribution in [3.63, 3.8) is 0 Å². The largest absolute Gasteiger partial charge is 0.399 e. The van der Waals surface area contributed by atoms with Crippen molar-refractivity contribution < 1.29 is 0 Å². The van der Waals surface area contributed by atoms with E-state index in [4.69, 9.17) is 11.5 Å². The summed E-state index contributed by atoms with van der Waals surface area (Å²) < 4.78 is 0. The van der Waals surface area contributed by atoms with Gasteiger partial charge < -0.3 is 11.5 Å². The van der Waals surface area contributed by atoms with E-state index in [1.807, 2.05) is 30.3 Å². The van der Waals surface area contributed by atoms with E-state index in [2.05, 4.69) is 15.2 Å². The number of rotatable bonds is 2. The molecule has 3 aromatic rings. The first-order chi connectivity index (χ1) is 9.24. The molecule has 0 aliphatic carbocycles. The number of nitrogens with two attached hydrogens (primary N) is 2. The van der Waals surface area contributed by atoms with Gasteiger partial charge in [-0.3, -0.25) is 4.98 Å². The van der Waals surface area contributed by atoms with Crippen LogP contribution < -0.4 is 11.5 Å². The van der Waals surface area contributed by atoms with Crippen molar-refractivity contribution in [1.82, 2.24) is 15.2 Å². The minimum absolute atomic E-state index is 0.403. The Balaban J connectivity index is 2.12. The summed E-state index contributed by atoms with van der Waals surface area (Å²) >= 11 is 0. The summed E-state index contributed by atoms with van der Waals surface area (Å²) in [5, 5.41) is 10.0. The lowest BCUT2D eigenvalue weighted by Gasteiger charge is -2.07. The lowest BCUT2D eigenvalue weighted by molar-refractivity contribution is 0.963. The quantitative estimate of drug-likeness (QED) is 0.677. The van der Waals surface area contributed by atoms with Gasteiger partial charge in [-0.1, -0.05) is 6.07 Å². The van der Waals surface area contributed by atoms with Crippen LogP contribution >= 0.6 is 0 Å². The lowest BCUT2D eigenvalue weighted by atomic mass is 10.0. The molecule has 0 atom stereocenters. The first-order valence-electron chi connectivity index (χ1n) is 5.93. The number of nitrogens with zero attached hydrogens (tertiary/aromatic N) is 3. The van der Waals surface area contributed by atoms with Gasteiger partial charge in [0.1, 0.15) is 0 Å². The Kier molecular flexibility index (Phi) is 2.72. The normalized spacial score (nSPS) is 10.7. The summed E-state index contributed by atoms with van der Waals surface area (Å²) in [4.78, 5) is 4.00. The standard InChI is InChI=1S/C14H13N5/c15-10-1-2-11-12(8-10)14(16)19-18-13(11)7-9-3-5-17-6-4-9/h1-6,8H,7,15H2,(H2,16,19). The van der Waals surface area contributed by atoms with Gasteiger partial charge in [0.15, 0.2) is 5.82 Å². The van der Waals surface area contributed by atoms with E-state index in [-0.39, 0.29) is 0 Å². The van der Waals surface area contributed by atoms with Gasteiger partial charge in [-0.05, 0) is 29.8 Å². The van der Waals surface area contributed by atoms with E-state index >= 15 is 0 Å². The van der Waals surface area contributed by atoms with Gasteiger partial charge in [0.2, 0.25) is 0 Å². The van der Waals surface area contributed by atoms with Crippen molar-refractivity contribution in [1.29, 1.82) is 0 Å². The molecule has 5 nitrogen and oxygen atoms in total. The van der Waals surface area contributed by atoms with Crippen LogP contribution in [0.1, 0.15) is 11.3 Å². The minimum Gasteiger partial charge on any atom is -0.399 e. The molecule has 0 saturated heterocycles. The second-order valence-electron chi connectivity index (χ2n) is 4.37. The molecule has 2 heterocycles. The number of pyridine rings is 1. The molecule has 19 heavy (non-hydrogen) atoms. The number of fused-ring (bicyclic) bond motifs is 1. The summed E-state index contributed by atoms with van der Waals surface area (Å²) in [7, 11) is 0. The minimum atomic E-state index is 0.403. The molecule has 0 radical (unpaired) electrons. The molecule has 0 aliphatic rings. The van der Waals surface area contributed by atoms with Crippen molar-refractivity contribution in [2.45, 2.75) is 6.42 Å². The third kappa shape index (κ3) is 2.18. The van der Waals surface area contributed by atoms with E-state index < -0.39 is 0 Å². The molecule has 5 heteroatoms. The molecule has 0 saturated carbocycles. The van der Waals surface area contributed by atoms with E-state index in [1.165, 1.54) is 0 Å². The number of hydrogen-bond donors (Lipinski definition) is 2. The summed E-state index contributed by atoms with van der Waals surface area (Å²) in [6.45, 7) is 0. The Hall–Kier alpha value is -2.69.